The van der Waals surface area contributed by atoms with Gasteiger partial charge in [-0.25, -0.2) is 10.0 Å². The Labute approximate surface area is 105 Å². The highest BCUT2D eigenvalue weighted by Gasteiger charge is 2.26. The fraction of sp³-hybridized carbons (Fsp3) is 0.375. The molecule has 1 fully saturated rings. The molecular formula is C16H20S. The largest absolute Gasteiger partial charge is 0.217 e. The third-order valence-corrected chi connectivity index (χ3v) is 7.87. The average Bonchev–Trinajstić information content (AvgIpc) is 2.78. The molecule has 0 aliphatic carbocycles. The van der Waals surface area contributed by atoms with Gasteiger partial charge >= 0.3 is 0 Å². The molecule has 1 aliphatic rings. The smallest absolute Gasteiger partial charge is 0.00224 e. The van der Waals surface area contributed by atoms with Gasteiger partial charge in [0.1, 0.15) is 0 Å². The van der Waals surface area contributed by atoms with Gasteiger partial charge in [-0.05, 0) is 64.8 Å². The normalized spacial score (nSPS) is 20.6. The van der Waals surface area contributed by atoms with Crippen LogP contribution in [0, 0.1) is 6.92 Å². The van der Waals surface area contributed by atoms with E-state index in [1.807, 2.05) is 0 Å². The molecule has 17 heavy (non-hydrogen) atoms. The van der Waals surface area contributed by atoms with Gasteiger partial charge < -0.3 is 0 Å². The number of benzene rings is 2. The topological polar surface area (TPSA) is 0 Å². The van der Waals surface area contributed by atoms with E-state index in [1.165, 1.54) is 40.7 Å². The van der Waals surface area contributed by atoms with E-state index >= 15 is 0 Å². The van der Waals surface area contributed by atoms with E-state index in [0.717, 1.165) is 0 Å². The molecule has 0 spiro atoms. The van der Waals surface area contributed by atoms with Gasteiger partial charge in [0.15, 0.2) is 0 Å². The molecule has 0 radical (unpaired) electrons. The Kier molecular flexibility index (Phi) is 2.67. The first kappa shape index (κ1) is 11.2. The molecule has 1 heterocycles. The second-order valence-corrected chi connectivity index (χ2v) is 9.12. The average molecular weight is 244 g/mol. The molecule has 2 aromatic carbocycles. The van der Waals surface area contributed by atoms with E-state index < -0.39 is 10.0 Å². The fourth-order valence-corrected chi connectivity index (χ4v) is 6.45. The zero-order chi connectivity index (χ0) is 11.9. The highest BCUT2D eigenvalue weighted by Crippen LogP contribution is 2.59. The molecule has 90 valence electrons. The molecule has 0 unspecified atom stereocenters. The van der Waals surface area contributed by atoms with Crippen molar-refractivity contribution in [3.05, 3.63) is 42.0 Å². The van der Waals surface area contributed by atoms with Gasteiger partial charge in [0.25, 0.3) is 0 Å². The van der Waals surface area contributed by atoms with E-state index in [9.17, 15) is 0 Å². The van der Waals surface area contributed by atoms with Crippen molar-refractivity contribution in [1.29, 1.82) is 0 Å². The van der Waals surface area contributed by atoms with Gasteiger partial charge in [0.05, 0.1) is 0 Å². The molecule has 0 N–H and O–H groups in total. The van der Waals surface area contributed by atoms with Crippen LogP contribution in [0.2, 0.25) is 0 Å². The molecule has 3 rings (SSSR count). The first-order chi connectivity index (χ1) is 8.21. The van der Waals surface area contributed by atoms with Crippen LogP contribution in [-0.2, 0) is 0 Å². The minimum atomic E-state index is -0.526. The highest BCUT2D eigenvalue weighted by atomic mass is 32.3. The third-order valence-electron chi connectivity index (χ3n) is 4.07. The maximum atomic E-state index is 2.52. The number of hydrogen-bond donors (Lipinski definition) is 0. The van der Waals surface area contributed by atoms with Crippen LogP contribution in [-0.4, -0.2) is 17.8 Å². The lowest BCUT2D eigenvalue weighted by Crippen LogP contribution is -2.01. The predicted octanol–water partition coefficient (Wildman–Crippen LogP) is 4.74. The minimum Gasteiger partial charge on any atom is -0.217 e. The molecular weight excluding hydrogens is 224 g/mol. The molecule has 1 heteroatoms. The van der Waals surface area contributed by atoms with E-state index in [2.05, 4.69) is 49.6 Å². The van der Waals surface area contributed by atoms with Crippen molar-refractivity contribution in [1.82, 2.24) is 0 Å². The van der Waals surface area contributed by atoms with Crippen molar-refractivity contribution in [2.45, 2.75) is 24.7 Å². The van der Waals surface area contributed by atoms with Crippen LogP contribution in [0.25, 0.3) is 10.8 Å². The molecule has 0 amide bonds. The monoisotopic (exact) mass is 244 g/mol. The van der Waals surface area contributed by atoms with E-state index in [-0.39, 0.29) is 0 Å². The van der Waals surface area contributed by atoms with Gasteiger partial charge in [-0.2, -0.15) is 0 Å². The molecule has 1 saturated heterocycles. The van der Waals surface area contributed by atoms with E-state index in [0.29, 0.717) is 0 Å². The predicted molar refractivity (Wildman–Crippen MR) is 79.4 cm³/mol. The van der Waals surface area contributed by atoms with Crippen LogP contribution in [0.3, 0.4) is 0 Å². The van der Waals surface area contributed by atoms with E-state index in [4.69, 9.17) is 0 Å². The summed E-state index contributed by atoms with van der Waals surface area (Å²) in [4.78, 5) is 1.65. The van der Waals surface area contributed by atoms with Gasteiger partial charge in [-0.15, -0.1) is 0 Å². The standard InChI is InChI=1S/C16H20S/c1-13-9-10-16(17(2)11-5-6-12-17)15-8-4-3-7-14(13)15/h3-4,7-10H,5-6,11-12H2,1-2H3. The van der Waals surface area contributed by atoms with Crippen LogP contribution < -0.4 is 0 Å². The van der Waals surface area contributed by atoms with Crippen molar-refractivity contribution in [2.75, 3.05) is 17.8 Å². The van der Waals surface area contributed by atoms with Gasteiger partial charge in [-0.3, -0.25) is 0 Å². The minimum absolute atomic E-state index is 0.526. The number of fused-ring (bicyclic) bond motifs is 1. The molecule has 0 aromatic heterocycles. The molecule has 0 bridgehead atoms. The summed E-state index contributed by atoms with van der Waals surface area (Å²) in [7, 11) is -0.526. The lowest BCUT2D eigenvalue weighted by molar-refractivity contribution is 0.949. The second-order valence-electron chi connectivity index (χ2n) is 5.32. The Morgan fingerprint density at radius 3 is 2.24 bits per heavy atom. The van der Waals surface area contributed by atoms with Gasteiger partial charge in [-0.1, -0.05) is 30.3 Å². The van der Waals surface area contributed by atoms with Gasteiger partial charge in [0.2, 0.25) is 0 Å². The van der Waals surface area contributed by atoms with Crippen molar-refractivity contribution in [3.8, 4) is 0 Å². The Hall–Kier alpha value is -0.950. The van der Waals surface area contributed by atoms with Crippen LogP contribution in [0.4, 0.5) is 0 Å². The van der Waals surface area contributed by atoms with Crippen LogP contribution in [0.15, 0.2) is 41.3 Å². The fourth-order valence-electron chi connectivity index (χ4n) is 3.02. The zero-order valence-electron chi connectivity index (χ0n) is 10.7. The van der Waals surface area contributed by atoms with Crippen LogP contribution in [0.1, 0.15) is 18.4 Å². The van der Waals surface area contributed by atoms with Gasteiger partial charge in [0, 0.05) is 0 Å². The number of rotatable bonds is 1. The first-order valence-corrected chi connectivity index (χ1v) is 8.81. The van der Waals surface area contributed by atoms with Crippen molar-refractivity contribution >= 4 is 20.8 Å². The molecule has 0 saturated carbocycles. The molecule has 0 nitrogen and oxygen atoms in total. The molecule has 0 atom stereocenters. The first-order valence-electron chi connectivity index (χ1n) is 6.43. The number of aryl methyl sites for hydroxylation is 1. The molecule has 1 aliphatic heterocycles. The summed E-state index contributed by atoms with van der Waals surface area (Å²) in [5.41, 5.74) is 1.41. The lowest BCUT2D eigenvalue weighted by atomic mass is 10.1. The molecule has 2 aromatic rings. The SMILES string of the molecule is Cc1ccc(S2(C)CCCC2)c2ccccc12. The van der Waals surface area contributed by atoms with Crippen molar-refractivity contribution < 1.29 is 0 Å². The Balaban J connectivity index is 2.27. The summed E-state index contributed by atoms with van der Waals surface area (Å²) in [5, 5.41) is 2.96. The summed E-state index contributed by atoms with van der Waals surface area (Å²) < 4.78 is 0. The summed E-state index contributed by atoms with van der Waals surface area (Å²) in [6, 6.07) is 13.6. The quantitative estimate of drug-likeness (QED) is 0.680. The lowest BCUT2D eigenvalue weighted by Gasteiger charge is -2.32. The summed E-state index contributed by atoms with van der Waals surface area (Å²) >= 11 is 0. The zero-order valence-corrected chi connectivity index (χ0v) is 11.5. The Morgan fingerprint density at radius 2 is 1.53 bits per heavy atom. The Morgan fingerprint density at radius 1 is 0.882 bits per heavy atom. The summed E-state index contributed by atoms with van der Waals surface area (Å²) in [6.07, 6.45) is 5.37. The Bertz CT molecular complexity index is 550. The second kappa shape index (κ2) is 4.06. The number of hydrogen-bond acceptors (Lipinski definition) is 0. The summed E-state index contributed by atoms with van der Waals surface area (Å²) in [5.74, 6) is 2.86. The highest BCUT2D eigenvalue weighted by molar-refractivity contribution is 8.33. The maximum absolute atomic E-state index is 2.52. The van der Waals surface area contributed by atoms with Crippen molar-refractivity contribution in [3.63, 3.8) is 0 Å². The van der Waals surface area contributed by atoms with E-state index in [1.54, 1.807) is 4.90 Å². The summed E-state index contributed by atoms with van der Waals surface area (Å²) in [6.45, 7) is 2.22. The maximum Gasteiger partial charge on any atom is -0.00224 e. The van der Waals surface area contributed by atoms with Crippen molar-refractivity contribution in [2.24, 2.45) is 0 Å². The van der Waals surface area contributed by atoms with Crippen LogP contribution >= 0.6 is 10.0 Å². The van der Waals surface area contributed by atoms with Crippen LogP contribution in [0.5, 0.6) is 0 Å². The third kappa shape index (κ3) is 1.77.